The van der Waals surface area contributed by atoms with Crippen LogP contribution >= 0.6 is 0 Å². The summed E-state index contributed by atoms with van der Waals surface area (Å²) in [5, 5.41) is 3.03. The normalized spacial score (nSPS) is 13.2. The predicted molar refractivity (Wildman–Crippen MR) is 76.3 cm³/mol. The molecule has 20 heavy (non-hydrogen) atoms. The van der Waals surface area contributed by atoms with Gasteiger partial charge in [-0.1, -0.05) is 18.2 Å². The molecule has 0 saturated heterocycles. The van der Waals surface area contributed by atoms with Crippen LogP contribution in [0.3, 0.4) is 0 Å². The standard InChI is InChI=1S/C15H21NO4/c1-4-19-14(17)11(3)13(15(18)20-5-2)16-12-9-7-6-8-10-12/h6-11,13,16H,4-5H2,1-3H3. The molecule has 110 valence electrons. The number of nitrogens with one attached hydrogen (secondary N) is 1. The first kappa shape index (κ1) is 16.0. The molecule has 0 radical (unpaired) electrons. The average Bonchev–Trinajstić information content (AvgIpc) is 2.45. The second-order valence-corrected chi connectivity index (χ2v) is 4.28. The summed E-state index contributed by atoms with van der Waals surface area (Å²) in [5.74, 6) is -1.51. The van der Waals surface area contributed by atoms with Crippen molar-refractivity contribution >= 4 is 17.6 Å². The van der Waals surface area contributed by atoms with Gasteiger partial charge in [-0.25, -0.2) is 4.79 Å². The van der Waals surface area contributed by atoms with Gasteiger partial charge >= 0.3 is 11.9 Å². The van der Waals surface area contributed by atoms with E-state index in [2.05, 4.69) is 5.32 Å². The largest absolute Gasteiger partial charge is 0.466 e. The molecular weight excluding hydrogens is 258 g/mol. The van der Waals surface area contributed by atoms with Crippen molar-refractivity contribution in [1.29, 1.82) is 0 Å². The van der Waals surface area contributed by atoms with Gasteiger partial charge in [-0.05, 0) is 32.9 Å². The monoisotopic (exact) mass is 279 g/mol. The first-order valence-corrected chi connectivity index (χ1v) is 6.75. The quantitative estimate of drug-likeness (QED) is 0.775. The van der Waals surface area contributed by atoms with E-state index in [0.29, 0.717) is 0 Å². The third-order valence-corrected chi connectivity index (χ3v) is 2.79. The Labute approximate surface area is 119 Å². The Kier molecular flexibility index (Phi) is 6.56. The number of ether oxygens (including phenoxy) is 2. The van der Waals surface area contributed by atoms with Gasteiger partial charge in [-0.2, -0.15) is 0 Å². The summed E-state index contributed by atoms with van der Waals surface area (Å²) in [4.78, 5) is 23.8. The van der Waals surface area contributed by atoms with Crippen LogP contribution in [0.25, 0.3) is 0 Å². The molecule has 1 rings (SSSR count). The number of benzene rings is 1. The smallest absolute Gasteiger partial charge is 0.329 e. The molecule has 2 atom stereocenters. The zero-order valence-electron chi connectivity index (χ0n) is 12.1. The van der Waals surface area contributed by atoms with Crippen LogP contribution in [-0.2, 0) is 19.1 Å². The molecule has 0 bridgehead atoms. The highest BCUT2D eigenvalue weighted by atomic mass is 16.5. The second-order valence-electron chi connectivity index (χ2n) is 4.28. The highest BCUT2D eigenvalue weighted by molar-refractivity contribution is 5.87. The van der Waals surface area contributed by atoms with E-state index >= 15 is 0 Å². The molecule has 0 heterocycles. The van der Waals surface area contributed by atoms with Gasteiger partial charge in [0.15, 0.2) is 0 Å². The number of hydrogen-bond acceptors (Lipinski definition) is 5. The van der Waals surface area contributed by atoms with Crippen LogP contribution < -0.4 is 5.32 Å². The van der Waals surface area contributed by atoms with Gasteiger partial charge in [0, 0.05) is 5.69 Å². The highest BCUT2D eigenvalue weighted by Gasteiger charge is 2.32. The lowest BCUT2D eigenvalue weighted by atomic mass is 10.0. The van der Waals surface area contributed by atoms with Crippen molar-refractivity contribution in [2.24, 2.45) is 5.92 Å². The Hall–Kier alpha value is -2.04. The molecule has 5 nitrogen and oxygen atoms in total. The third kappa shape index (κ3) is 4.57. The molecule has 0 aliphatic rings. The summed E-state index contributed by atoms with van der Waals surface area (Å²) in [5.41, 5.74) is 0.752. The lowest BCUT2D eigenvalue weighted by Gasteiger charge is -2.23. The minimum absolute atomic E-state index is 0.265. The predicted octanol–water partition coefficient (Wildman–Crippen LogP) is 2.23. The van der Waals surface area contributed by atoms with Gasteiger partial charge in [-0.15, -0.1) is 0 Å². The fourth-order valence-corrected chi connectivity index (χ4v) is 1.74. The minimum atomic E-state index is -0.767. The molecule has 0 saturated carbocycles. The van der Waals surface area contributed by atoms with Crippen LogP contribution in [0.1, 0.15) is 20.8 Å². The Morgan fingerprint density at radius 3 is 2.15 bits per heavy atom. The van der Waals surface area contributed by atoms with E-state index in [1.807, 2.05) is 30.3 Å². The molecule has 0 fully saturated rings. The Morgan fingerprint density at radius 1 is 1.05 bits per heavy atom. The van der Waals surface area contributed by atoms with Crippen LogP contribution in [0, 0.1) is 5.92 Å². The van der Waals surface area contributed by atoms with Crippen molar-refractivity contribution in [2.75, 3.05) is 18.5 Å². The van der Waals surface area contributed by atoms with E-state index in [9.17, 15) is 9.59 Å². The minimum Gasteiger partial charge on any atom is -0.466 e. The van der Waals surface area contributed by atoms with Gasteiger partial charge in [0.05, 0.1) is 19.1 Å². The number of para-hydroxylation sites is 1. The average molecular weight is 279 g/mol. The second kappa shape index (κ2) is 8.19. The SMILES string of the molecule is CCOC(=O)C(C)C(Nc1ccccc1)C(=O)OCC. The zero-order chi connectivity index (χ0) is 15.0. The van der Waals surface area contributed by atoms with Gasteiger partial charge in [-0.3, -0.25) is 4.79 Å². The van der Waals surface area contributed by atoms with Gasteiger partial charge in [0.25, 0.3) is 0 Å². The van der Waals surface area contributed by atoms with Gasteiger partial charge in [0.1, 0.15) is 6.04 Å². The zero-order valence-corrected chi connectivity index (χ0v) is 12.1. The Bertz CT molecular complexity index is 433. The summed E-state index contributed by atoms with van der Waals surface area (Å²) in [6.07, 6.45) is 0. The van der Waals surface area contributed by atoms with E-state index in [1.54, 1.807) is 20.8 Å². The topological polar surface area (TPSA) is 64.6 Å². The molecule has 0 aliphatic carbocycles. The number of esters is 2. The third-order valence-electron chi connectivity index (χ3n) is 2.79. The van der Waals surface area contributed by atoms with Crippen molar-refractivity contribution in [1.82, 2.24) is 0 Å². The molecule has 0 aromatic heterocycles. The fraction of sp³-hybridized carbons (Fsp3) is 0.467. The maximum absolute atomic E-state index is 12.0. The van der Waals surface area contributed by atoms with Crippen LogP contribution in [-0.4, -0.2) is 31.2 Å². The van der Waals surface area contributed by atoms with Crippen molar-refractivity contribution in [3.05, 3.63) is 30.3 Å². The van der Waals surface area contributed by atoms with Gasteiger partial charge in [0.2, 0.25) is 0 Å². The van der Waals surface area contributed by atoms with Crippen molar-refractivity contribution in [2.45, 2.75) is 26.8 Å². The maximum atomic E-state index is 12.0. The summed E-state index contributed by atoms with van der Waals surface area (Å²) < 4.78 is 9.98. The molecule has 1 aromatic carbocycles. The molecule has 0 amide bonds. The Balaban J connectivity index is 2.84. The van der Waals surface area contributed by atoms with Crippen molar-refractivity contribution < 1.29 is 19.1 Å². The molecule has 2 unspecified atom stereocenters. The molecular formula is C15H21NO4. The first-order chi connectivity index (χ1) is 9.60. The van der Waals surface area contributed by atoms with Gasteiger partial charge < -0.3 is 14.8 Å². The number of carbonyl (C=O) groups excluding carboxylic acids is 2. The molecule has 5 heteroatoms. The van der Waals surface area contributed by atoms with E-state index in [0.717, 1.165) is 5.69 Å². The maximum Gasteiger partial charge on any atom is 0.329 e. The summed E-state index contributed by atoms with van der Waals surface area (Å²) in [7, 11) is 0. The lowest BCUT2D eigenvalue weighted by molar-refractivity contribution is -0.155. The van der Waals surface area contributed by atoms with Crippen LogP contribution in [0.5, 0.6) is 0 Å². The highest BCUT2D eigenvalue weighted by Crippen LogP contribution is 2.15. The summed E-state index contributed by atoms with van der Waals surface area (Å²) in [6, 6.07) is 8.45. The van der Waals surface area contributed by atoms with Crippen LogP contribution in [0.15, 0.2) is 30.3 Å². The van der Waals surface area contributed by atoms with E-state index in [1.165, 1.54) is 0 Å². The molecule has 0 spiro atoms. The fourth-order valence-electron chi connectivity index (χ4n) is 1.74. The molecule has 0 aliphatic heterocycles. The van der Waals surface area contributed by atoms with Crippen molar-refractivity contribution in [3.63, 3.8) is 0 Å². The van der Waals surface area contributed by atoms with E-state index < -0.39 is 23.9 Å². The number of anilines is 1. The number of carbonyl (C=O) groups is 2. The lowest BCUT2D eigenvalue weighted by Crippen LogP contribution is -2.41. The molecule has 1 N–H and O–H groups in total. The van der Waals surface area contributed by atoms with Crippen molar-refractivity contribution in [3.8, 4) is 0 Å². The van der Waals surface area contributed by atoms with Crippen LogP contribution in [0.4, 0.5) is 5.69 Å². The summed E-state index contributed by atoms with van der Waals surface area (Å²) in [6.45, 7) is 5.65. The number of rotatable bonds is 7. The Morgan fingerprint density at radius 2 is 1.60 bits per heavy atom. The number of hydrogen-bond donors (Lipinski definition) is 1. The van der Waals surface area contributed by atoms with E-state index in [4.69, 9.17) is 9.47 Å². The first-order valence-electron chi connectivity index (χ1n) is 6.75. The van der Waals surface area contributed by atoms with E-state index in [-0.39, 0.29) is 13.2 Å². The molecule has 1 aromatic rings. The summed E-state index contributed by atoms with van der Waals surface area (Å²) >= 11 is 0. The van der Waals surface area contributed by atoms with Crippen LogP contribution in [0.2, 0.25) is 0 Å².